The van der Waals surface area contributed by atoms with Crippen molar-refractivity contribution in [2.45, 2.75) is 58.1 Å². The van der Waals surface area contributed by atoms with Gasteiger partial charge in [0.05, 0.1) is 0 Å². The number of carbonyl (C=O) groups is 1. The van der Waals surface area contributed by atoms with Gasteiger partial charge >= 0.3 is 0 Å². The molecule has 0 radical (unpaired) electrons. The van der Waals surface area contributed by atoms with Crippen molar-refractivity contribution in [1.29, 1.82) is 0 Å². The minimum Gasteiger partial charge on any atom is -0.487 e. The van der Waals surface area contributed by atoms with Gasteiger partial charge in [-0.3, -0.25) is 14.7 Å². The summed E-state index contributed by atoms with van der Waals surface area (Å²) in [5.41, 5.74) is 3.41. The van der Waals surface area contributed by atoms with Crippen molar-refractivity contribution < 1.29 is 9.53 Å². The van der Waals surface area contributed by atoms with Gasteiger partial charge < -0.3 is 9.64 Å². The molecule has 0 bridgehead atoms. The van der Waals surface area contributed by atoms with Crippen LogP contribution in [0.3, 0.4) is 0 Å². The highest BCUT2D eigenvalue weighted by Crippen LogP contribution is 2.43. The van der Waals surface area contributed by atoms with E-state index in [-0.39, 0.29) is 11.5 Å². The van der Waals surface area contributed by atoms with Crippen LogP contribution in [0.1, 0.15) is 61.0 Å². The lowest BCUT2D eigenvalue weighted by Crippen LogP contribution is -2.48. The van der Waals surface area contributed by atoms with Crippen LogP contribution in [0.2, 0.25) is 5.02 Å². The van der Waals surface area contributed by atoms with Crippen LogP contribution in [0.5, 0.6) is 5.75 Å². The van der Waals surface area contributed by atoms with E-state index in [4.69, 9.17) is 16.3 Å². The Labute approximate surface area is 195 Å². The van der Waals surface area contributed by atoms with Crippen LogP contribution in [0.25, 0.3) is 0 Å². The molecule has 0 unspecified atom stereocenters. The van der Waals surface area contributed by atoms with Crippen molar-refractivity contribution in [3.8, 4) is 5.75 Å². The van der Waals surface area contributed by atoms with Gasteiger partial charge in [0.15, 0.2) is 0 Å². The van der Waals surface area contributed by atoms with E-state index in [2.05, 4.69) is 35.9 Å². The molecule has 2 aromatic rings. The van der Waals surface area contributed by atoms with Crippen molar-refractivity contribution in [3.05, 3.63) is 58.4 Å². The number of benzene rings is 1. The number of halogens is 1. The second-order valence-electron chi connectivity index (χ2n) is 10.4. The zero-order chi connectivity index (χ0) is 22.3. The molecule has 170 valence electrons. The minimum atomic E-state index is -0.157. The molecular formula is C26H32ClN3O2. The molecule has 0 atom stereocenters. The molecule has 1 spiro atoms. The lowest BCUT2D eigenvalue weighted by Gasteiger charge is -2.47. The Morgan fingerprint density at radius 2 is 1.72 bits per heavy atom. The maximum Gasteiger partial charge on any atom is 0.253 e. The first-order valence-corrected chi connectivity index (χ1v) is 12.1. The van der Waals surface area contributed by atoms with E-state index in [1.165, 1.54) is 24.0 Å². The minimum absolute atomic E-state index is 0.137. The van der Waals surface area contributed by atoms with Crippen molar-refractivity contribution in [3.63, 3.8) is 0 Å². The fourth-order valence-corrected chi connectivity index (χ4v) is 5.91. The second-order valence-corrected chi connectivity index (χ2v) is 10.8. The first kappa shape index (κ1) is 21.7. The van der Waals surface area contributed by atoms with Crippen LogP contribution >= 0.6 is 11.6 Å². The third-order valence-corrected chi connectivity index (χ3v) is 7.77. The SMILES string of the molecule is CC1(C)Cc2cc(Cl)cc(CN3CCC4(CC3)CCN(C(=O)c3ccncc3)CC4)c2O1. The van der Waals surface area contributed by atoms with Gasteiger partial charge in [0.25, 0.3) is 5.91 Å². The molecule has 1 amide bonds. The molecule has 32 heavy (non-hydrogen) atoms. The van der Waals surface area contributed by atoms with Crippen molar-refractivity contribution in [2.24, 2.45) is 5.41 Å². The van der Waals surface area contributed by atoms with E-state index >= 15 is 0 Å². The van der Waals surface area contributed by atoms with E-state index in [1.807, 2.05) is 17.0 Å². The quantitative estimate of drug-likeness (QED) is 0.658. The molecule has 4 heterocycles. The van der Waals surface area contributed by atoms with Gasteiger partial charge in [-0.1, -0.05) is 11.6 Å². The normalized spacial score (nSPS) is 21.9. The van der Waals surface area contributed by atoms with E-state index in [0.717, 1.165) is 68.3 Å². The highest BCUT2D eigenvalue weighted by Gasteiger charge is 2.39. The van der Waals surface area contributed by atoms with Crippen LogP contribution < -0.4 is 4.74 Å². The van der Waals surface area contributed by atoms with E-state index in [1.54, 1.807) is 12.4 Å². The average molecular weight is 454 g/mol. The third kappa shape index (κ3) is 4.38. The summed E-state index contributed by atoms with van der Waals surface area (Å²) in [5, 5.41) is 0.805. The maximum absolute atomic E-state index is 12.8. The standard InChI is InChI=1S/C26H32ClN3O2/c1-25(2)17-20-15-22(27)16-21(23(20)32-25)18-29-11-5-26(6-12-29)7-13-30(14-8-26)24(31)19-3-9-28-10-4-19/h3-4,9-10,15-16H,5-8,11-14,17-18H2,1-2H3. The zero-order valence-electron chi connectivity index (χ0n) is 19.1. The summed E-state index contributed by atoms with van der Waals surface area (Å²) in [7, 11) is 0. The number of aromatic nitrogens is 1. The lowest BCUT2D eigenvalue weighted by molar-refractivity contribution is 0.0282. The second kappa shape index (κ2) is 8.35. The Hall–Kier alpha value is -2.11. The Balaban J connectivity index is 1.18. The van der Waals surface area contributed by atoms with Crippen LogP contribution in [-0.4, -0.2) is 52.5 Å². The number of carbonyl (C=O) groups excluding carboxylic acids is 1. The summed E-state index contributed by atoms with van der Waals surface area (Å²) in [6.07, 6.45) is 8.88. The van der Waals surface area contributed by atoms with Crippen LogP contribution in [0.15, 0.2) is 36.7 Å². The first-order chi connectivity index (χ1) is 15.3. The summed E-state index contributed by atoms with van der Waals surface area (Å²) in [4.78, 5) is 21.3. The van der Waals surface area contributed by atoms with Gasteiger partial charge in [0, 0.05) is 54.6 Å². The molecule has 2 fully saturated rings. The molecule has 3 aliphatic heterocycles. The van der Waals surface area contributed by atoms with E-state index in [9.17, 15) is 4.79 Å². The van der Waals surface area contributed by atoms with Crippen LogP contribution in [-0.2, 0) is 13.0 Å². The number of hydrogen-bond donors (Lipinski definition) is 0. The molecule has 0 N–H and O–H groups in total. The van der Waals surface area contributed by atoms with E-state index in [0.29, 0.717) is 5.41 Å². The fourth-order valence-electron chi connectivity index (χ4n) is 5.65. The molecule has 5 nitrogen and oxygen atoms in total. The first-order valence-electron chi connectivity index (χ1n) is 11.7. The summed E-state index contributed by atoms with van der Waals surface area (Å²) in [5.74, 6) is 1.18. The lowest BCUT2D eigenvalue weighted by atomic mass is 9.71. The highest BCUT2D eigenvalue weighted by atomic mass is 35.5. The molecule has 1 aromatic heterocycles. The number of fused-ring (bicyclic) bond motifs is 1. The Morgan fingerprint density at radius 3 is 2.41 bits per heavy atom. The largest absolute Gasteiger partial charge is 0.487 e. The van der Waals surface area contributed by atoms with Gasteiger partial charge in [-0.15, -0.1) is 0 Å². The molecule has 2 saturated heterocycles. The number of ether oxygens (including phenoxy) is 1. The number of amides is 1. The summed E-state index contributed by atoms with van der Waals surface area (Å²) in [6.45, 7) is 9.05. The number of piperidine rings is 2. The predicted octanol–water partition coefficient (Wildman–Crippen LogP) is 4.97. The topological polar surface area (TPSA) is 45.7 Å². The monoisotopic (exact) mass is 453 g/mol. The Bertz CT molecular complexity index is 990. The van der Waals surface area contributed by atoms with Gasteiger partial charge in [-0.25, -0.2) is 0 Å². The van der Waals surface area contributed by atoms with Crippen molar-refractivity contribution in [1.82, 2.24) is 14.8 Å². The van der Waals surface area contributed by atoms with E-state index < -0.39 is 0 Å². The number of pyridine rings is 1. The molecular weight excluding hydrogens is 422 g/mol. The van der Waals surface area contributed by atoms with Crippen molar-refractivity contribution >= 4 is 17.5 Å². The molecule has 0 aliphatic carbocycles. The molecule has 5 rings (SSSR count). The Kier molecular flexibility index (Phi) is 5.67. The van der Waals surface area contributed by atoms with Crippen molar-refractivity contribution in [2.75, 3.05) is 26.2 Å². The molecule has 6 heteroatoms. The summed E-state index contributed by atoms with van der Waals surface area (Å²) >= 11 is 6.43. The van der Waals surface area contributed by atoms with Crippen LogP contribution in [0, 0.1) is 5.41 Å². The molecule has 1 aromatic carbocycles. The predicted molar refractivity (Wildman–Crippen MR) is 126 cm³/mol. The summed E-state index contributed by atoms with van der Waals surface area (Å²) < 4.78 is 6.28. The zero-order valence-corrected chi connectivity index (χ0v) is 19.8. The van der Waals surface area contributed by atoms with Gasteiger partial charge in [-0.05, 0) is 87.9 Å². The fraction of sp³-hybridized carbons (Fsp3) is 0.538. The number of hydrogen-bond acceptors (Lipinski definition) is 4. The molecule has 0 saturated carbocycles. The smallest absolute Gasteiger partial charge is 0.253 e. The van der Waals surface area contributed by atoms with Gasteiger partial charge in [-0.2, -0.15) is 0 Å². The van der Waals surface area contributed by atoms with Gasteiger partial charge in [0.1, 0.15) is 11.4 Å². The maximum atomic E-state index is 12.8. The third-order valence-electron chi connectivity index (χ3n) is 7.55. The van der Waals surface area contributed by atoms with Crippen LogP contribution in [0.4, 0.5) is 0 Å². The highest BCUT2D eigenvalue weighted by molar-refractivity contribution is 6.30. The number of rotatable bonds is 3. The number of nitrogens with zero attached hydrogens (tertiary/aromatic N) is 3. The Morgan fingerprint density at radius 1 is 1.06 bits per heavy atom. The number of likely N-dealkylation sites (tertiary alicyclic amines) is 2. The molecule has 3 aliphatic rings. The summed E-state index contributed by atoms with van der Waals surface area (Å²) in [6, 6.07) is 7.75. The average Bonchev–Trinajstić information content (AvgIpc) is 3.10. The van der Waals surface area contributed by atoms with Gasteiger partial charge in [0.2, 0.25) is 0 Å².